The van der Waals surface area contributed by atoms with Crippen LogP contribution in [0.25, 0.3) is 0 Å². The lowest BCUT2D eigenvalue weighted by atomic mass is 9.92. The van der Waals surface area contributed by atoms with E-state index in [2.05, 4.69) is 42.0 Å². The second kappa shape index (κ2) is 7.59. The van der Waals surface area contributed by atoms with Gasteiger partial charge in [-0.1, -0.05) is 32.9 Å². The Labute approximate surface area is 180 Å². The van der Waals surface area contributed by atoms with Crippen LogP contribution in [0.15, 0.2) is 34.8 Å². The largest absolute Gasteiger partial charge is 0.311 e. The summed E-state index contributed by atoms with van der Waals surface area (Å²) in [6.45, 7) is 12.9. The lowest BCUT2D eigenvalue weighted by Gasteiger charge is -2.23. The minimum atomic E-state index is -0.705. The molecule has 0 bridgehead atoms. The minimum absolute atomic E-state index is 0.143. The molecule has 7 heteroatoms. The van der Waals surface area contributed by atoms with Gasteiger partial charge in [0.25, 0.3) is 0 Å². The van der Waals surface area contributed by atoms with E-state index in [0.717, 1.165) is 15.9 Å². The van der Waals surface area contributed by atoms with Crippen LogP contribution in [0.3, 0.4) is 0 Å². The maximum Gasteiger partial charge on any atom is 0.239 e. The molecule has 1 saturated heterocycles. The molecule has 0 spiro atoms. The van der Waals surface area contributed by atoms with Gasteiger partial charge in [-0.2, -0.15) is 5.10 Å². The summed E-state index contributed by atoms with van der Waals surface area (Å²) in [5.74, 6) is -0.536. The molecule has 2 amide bonds. The highest BCUT2D eigenvalue weighted by Gasteiger charge is 2.39. The molecule has 0 saturated carbocycles. The Morgan fingerprint density at radius 2 is 1.83 bits per heavy atom. The van der Waals surface area contributed by atoms with Crippen LogP contribution in [-0.2, 0) is 20.5 Å². The van der Waals surface area contributed by atoms with Crippen LogP contribution in [0.5, 0.6) is 0 Å². The normalized spacial score (nSPS) is 17.7. The minimum Gasteiger partial charge on any atom is -0.311 e. The Bertz CT molecular complexity index is 937. The molecule has 0 aliphatic carbocycles. The number of benzene rings is 1. The number of anilines is 2. The van der Waals surface area contributed by atoms with Crippen molar-refractivity contribution in [1.29, 1.82) is 0 Å². The highest BCUT2D eigenvalue weighted by atomic mass is 79.9. The monoisotopic (exact) mass is 460 g/mol. The maximum atomic E-state index is 13.0. The molecule has 2 heterocycles. The number of rotatable bonds is 3. The van der Waals surface area contributed by atoms with Gasteiger partial charge < -0.3 is 10.2 Å². The summed E-state index contributed by atoms with van der Waals surface area (Å²) in [6, 6.07) is 9.47. The standard InChI is InChI=1S/C22H29BrN4O2/c1-21(2,3)17-13-18(27(25-17)22(4,5)6)24-19(28)14-11-12-26(20(14)29)16-10-8-7-9-15(16)23/h7-10,13-14H,11-12H2,1-6H3,(H,24,28). The Balaban J connectivity index is 1.83. The lowest BCUT2D eigenvalue weighted by molar-refractivity contribution is -0.129. The van der Waals surface area contributed by atoms with Crippen LogP contribution in [0.4, 0.5) is 11.5 Å². The first-order valence-electron chi connectivity index (χ1n) is 9.87. The Hall–Kier alpha value is -2.15. The first-order chi connectivity index (χ1) is 13.4. The molecule has 1 fully saturated rings. The fourth-order valence-corrected chi connectivity index (χ4v) is 3.89. The summed E-state index contributed by atoms with van der Waals surface area (Å²) >= 11 is 3.49. The van der Waals surface area contributed by atoms with Crippen molar-refractivity contribution < 1.29 is 9.59 Å². The highest BCUT2D eigenvalue weighted by molar-refractivity contribution is 9.10. The molecule has 1 aromatic heterocycles. The number of para-hydroxylation sites is 1. The maximum absolute atomic E-state index is 13.0. The third-order valence-electron chi connectivity index (χ3n) is 5.03. The van der Waals surface area contributed by atoms with Crippen molar-refractivity contribution in [3.63, 3.8) is 0 Å². The molecule has 1 atom stereocenters. The molecule has 1 aromatic carbocycles. The van der Waals surface area contributed by atoms with Gasteiger partial charge in [-0.15, -0.1) is 0 Å². The third-order valence-corrected chi connectivity index (χ3v) is 5.70. The smallest absolute Gasteiger partial charge is 0.239 e. The van der Waals surface area contributed by atoms with Crippen LogP contribution in [-0.4, -0.2) is 28.1 Å². The van der Waals surface area contributed by atoms with Crippen molar-refractivity contribution in [3.05, 3.63) is 40.5 Å². The topological polar surface area (TPSA) is 67.2 Å². The van der Waals surface area contributed by atoms with Gasteiger partial charge in [-0.3, -0.25) is 9.59 Å². The Morgan fingerprint density at radius 3 is 2.41 bits per heavy atom. The predicted octanol–water partition coefficient (Wildman–Crippen LogP) is 4.69. The molecule has 29 heavy (non-hydrogen) atoms. The van der Waals surface area contributed by atoms with Crippen molar-refractivity contribution in [3.8, 4) is 0 Å². The van der Waals surface area contributed by atoms with Gasteiger partial charge in [0.2, 0.25) is 11.8 Å². The molecule has 1 unspecified atom stereocenters. The van der Waals surface area contributed by atoms with Crippen molar-refractivity contribution in [2.45, 2.75) is 58.9 Å². The summed E-state index contributed by atoms with van der Waals surface area (Å²) in [5, 5.41) is 7.70. The second-order valence-corrected chi connectivity index (χ2v) is 10.4. The second-order valence-electron chi connectivity index (χ2n) is 9.52. The fraction of sp³-hybridized carbons (Fsp3) is 0.500. The molecular formula is C22H29BrN4O2. The van der Waals surface area contributed by atoms with Gasteiger partial charge in [0.1, 0.15) is 11.7 Å². The third kappa shape index (κ3) is 4.39. The van der Waals surface area contributed by atoms with E-state index in [1.165, 1.54) is 0 Å². The predicted molar refractivity (Wildman–Crippen MR) is 119 cm³/mol. The van der Waals surface area contributed by atoms with E-state index in [-0.39, 0.29) is 22.8 Å². The van der Waals surface area contributed by atoms with Gasteiger partial charge in [-0.05, 0) is 55.3 Å². The number of amides is 2. The molecule has 156 valence electrons. The fourth-order valence-electron chi connectivity index (χ4n) is 3.39. The zero-order valence-corrected chi connectivity index (χ0v) is 19.5. The number of nitrogens with zero attached hydrogens (tertiary/aromatic N) is 3. The summed E-state index contributed by atoms with van der Waals surface area (Å²) in [7, 11) is 0. The number of hydrogen-bond donors (Lipinski definition) is 1. The molecule has 1 aliphatic heterocycles. The van der Waals surface area contributed by atoms with E-state index in [4.69, 9.17) is 5.10 Å². The average Bonchev–Trinajstić information content (AvgIpc) is 3.19. The van der Waals surface area contributed by atoms with E-state index >= 15 is 0 Å². The van der Waals surface area contributed by atoms with Crippen molar-refractivity contribution in [1.82, 2.24) is 9.78 Å². The summed E-state index contributed by atoms with van der Waals surface area (Å²) in [4.78, 5) is 27.6. The quantitative estimate of drug-likeness (QED) is 0.675. The van der Waals surface area contributed by atoms with Gasteiger partial charge in [0, 0.05) is 22.5 Å². The molecule has 6 nitrogen and oxygen atoms in total. The molecule has 0 radical (unpaired) electrons. The number of carbonyl (C=O) groups excluding carboxylic acids is 2. The average molecular weight is 461 g/mol. The van der Waals surface area contributed by atoms with Gasteiger partial charge in [-0.25, -0.2) is 4.68 Å². The van der Waals surface area contributed by atoms with Gasteiger partial charge in [0.05, 0.1) is 16.9 Å². The van der Waals surface area contributed by atoms with Crippen LogP contribution < -0.4 is 10.2 Å². The Morgan fingerprint density at radius 1 is 1.17 bits per heavy atom. The van der Waals surface area contributed by atoms with E-state index in [0.29, 0.717) is 18.8 Å². The van der Waals surface area contributed by atoms with E-state index < -0.39 is 5.92 Å². The number of carbonyl (C=O) groups is 2. The number of hydrogen-bond acceptors (Lipinski definition) is 3. The summed E-state index contributed by atoms with van der Waals surface area (Å²) in [6.07, 6.45) is 0.488. The molecule has 2 aromatic rings. The zero-order chi connectivity index (χ0) is 21.6. The SMILES string of the molecule is CC(C)(C)c1cc(NC(=O)C2CCN(c3ccccc3Br)C2=O)n(C(C)(C)C)n1. The molecular weight excluding hydrogens is 432 g/mol. The van der Waals surface area contributed by atoms with Gasteiger partial charge in [0.15, 0.2) is 0 Å². The summed E-state index contributed by atoms with van der Waals surface area (Å²) < 4.78 is 2.67. The van der Waals surface area contributed by atoms with Crippen molar-refractivity contribution >= 4 is 39.2 Å². The number of aromatic nitrogens is 2. The van der Waals surface area contributed by atoms with E-state index in [9.17, 15) is 9.59 Å². The van der Waals surface area contributed by atoms with E-state index in [1.807, 2.05) is 55.8 Å². The zero-order valence-electron chi connectivity index (χ0n) is 17.9. The molecule has 1 N–H and O–H groups in total. The van der Waals surface area contributed by atoms with Crippen LogP contribution in [0.1, 0.15) is 53.7 Å². The highest BCUT2D eigenvalue weighted by Crippen LogP contribution is 2.33. The Kier molecular flexibility index (Phi) is 5.64. The van der Waals surface area contributed by atoms with Gasteiger partial charge >= 0.3 is 0 Å². The first-order valence-corrected chi connectivity index (χ1v) is 10.7. The van der Waals surface area contributed by atoms with Crippen molar-refractivity contribution in [2.24, 2.45) is 5.92 Å². The van der Waals surface area contributed by atoms with Crippen LogP contribution in [0, 0.1) is 5.92 Å². The molecule has 1 aliphatic rings. The number of halogens is 1. The summed E-state index contributed by atoms with van der Waals surface area (Å²) in [5.41, 5.74) is 1.25. The van der Waals surface area contributed by atoms with Crippen LogP contribution in [0.2, 0.25) is 0 Å². The lowest BCUT2D eigenvalue weighted by Crippen LogP contribution is -2.34. The van der Waals surface area contributed by atoms with Crippen LogP contribution >= 0.6 is 15.9 Å². The molecule has 3 rings (SSSR count). The van der Waals surface area contributed by atoms with E-state index in [1.54, 1.807) is 4.90 Å². The first kappa shape index (κ1) is 21.6. The van der Waals surface area contributed by atoms with Crippen molar-refractivity contribution in [2.75, 3.05) is 16.8 Å². The number of nitrogens with one attached hydrogen (secondary N) is 1.